The molecule has 0 radical (unpaired) electrons. The van der Waals surface area contributed by atoms with Gasteiger partial charge in [-0.3, -0.25) is 4.79 Å². The molecule has 2 N–H and O–H groups in total. The lowest BCUT2D eigenvalue weighted by Gasteiger charge is -2.26. The van der Waals surface area contributed by atoms with Gasteiger partial charge in [-0.25, -0.2) is 0 Å². The Bertz CT molecular complexity index is 459. The van der Waals surface area contributed by atoms with Crippen molar-refractivity contribution in [2.24, 2.45) is 0 Å². The lowest BCUT2D eigenvalue weighted by Crippen LogP contribution is -2.39. The van der Waals surface area contributed by atoms with Crippen LogP contribution in [0.3, 0.4) is 0 Å². The van der Waals surface area contributed by atoms with Crippen molar-refractivity contribution in [3.05, 3.63) is 35.4 Å². The quantitative estimate of drug-likeness (QED) is 0.845. The second kappa shape index (κ2) is 7.08. The molecule has 1 aliphatic heterocycles. The molecule has 1 aromatic carbocycles. The number of benzene rings is 1. The predicted octanol–water partition coefficient (Wildman–Crippen LogP) is 2.78. The number of amides is 1. The second-order valence-electron chi connectivity index (χ2n) is 6.71. The molecule has 1 atom stereocenters. The largest absolute Gasteiger partial charge is 0.355 e. The predicted molar refractivity (Wildman–Crippen MR) is 87.5 cm³/mol. The van der Waals surface area contributed by atoms with Gasteiger partial charge in [-0.2, -0.15) is 0 Å². The molecule has 1 aromatic rings. The van der Waals surface area contributed by atoms with E-state index in [1.54, 1.807) is 0 Å². The van der Waals surface area contributed by atoms with Crippen molar-refractivity contribution in [2.75, 3.05) is 13.1 Å². The van der Waals surface area contributed by atoms with Crippen LogP contribution in [0.25, 0.3) is 0 Å². The molecule has 1 heterocycles. The Kier molecular flexibility index (Phi) is 5.40. The van der Waals surface area contributed by atoms with E-state index in [4.69, 9.17) is 0 Å². The van der Waals surface area contributed by atoms with E-state index >= 15 is 0 Å². The Balaban J connectivity index is 1.85. The first-order valence-electron chi connectivity index (χ1n) is 8.11. The first-order valence-corrected chi connectivity index (χ1v) is 8.11. The highest BCUT2D eigenvalue weighted by atomic mass is 16.1. The molecular formula is C18H28N2O. The fraction of sp³-hybridized carbons (Fsp3) is 0.611. The fourth-order valence-electron chi connectivity index (χ4n) is 2.84. The molecule has 116 valence electrons. The number of rotatable bonds is 6. The van der Waals surface area contributed by atoms with Crippen molar-refractivity contribution in [2.45, 2.75) is 57.9 Å². The van der Waals surface area contributed by atoms with Gasteiger partial charge >= 0.3 is 0 Å². The normalized spacial score (nSPS) is 18.7. The maximum absolute atomic E-state index is 12.0. The molecule has 0 bridgehead atoms. The topological polar surface area (TPSA) is 41.1 Å². The molecule has 2 rings (SSSR count). The van der Waals surface area contributed by atoms with Crippen molar-refractivity contribution in [3.63, 3.8) is 0 Å². The lowest BCUT2D eigenvalue weighted by molar-refractivity contribution is -0.121. The van der Waals surface area contributed by atoms with Gasteiger partial charge in [0.05, 0.1) is 0 Å². The van der Waals surface area contributed by atoms with Crippen LogP contribution in [-0.4, -0.2) is 25.0 Å². The van der Waals surface area contributed by atoms with Gasteiger partial charge in [0.1, 0.15) is 0 Å². The number of aryl methyl sites for hydroxylation is 1. The van der Waals surface area contributed by atoms with Gasteiger partial charge in [0, 0.05) is 24.4 Å². The highest BCUT2D eigenvalue weighted by molar-refractivity contribution is 5.76. The molecule has 0 spiro atoms. The molecule has 21 heavy (non-hydrogen) atoms. The van der Waals surface area contributed by atoms with Crippen LogP contribution in [0.15, 0.2) is 24.3 Å². The van der Waals surface area contributed by atoms with Crippen molar-refractivity contribution in [1.82, 2.24) is 10.6 Å². The third-order valence-corrected chi connectivity index (χ3v) is 4.47. The van der Waals surface area contributed by atoms with Crippen LogP contribution in [0, 0.1) is 0 Å². The second-order valence-corrected chi connectivity index (χ2v) is 6.71. The van der Waals surface area contributed by atoms with Gasteiger partial charge in [0.15, 0.2) is 0 Å². The van der Waals surface area contributed by atoms with E-state index in [0.717, 1.165) is 19.4 Å². The van der Waals surface area contributed by atoms with Crippen LogP contribution in [0.4, 0.5) is 0 Å². The maximum Gasteiger partial charge on any atom is 0.221 e. The third-order valence-electron chi connectivity index (χ3n) is 4.47. The highest BCUT2D eigenvalue weighted by Crippen LogP contribution is 2.23. The zero-order valence-electron chi connectivity index (χ0n) is 13.5. The van der Waals surface area contributed by atoms with Crippen LogP contribution in [0.1, 0.15) is 51.2 Å². The Morgan fingerprint density at radius 3 is 2.62 bits per heavy atom. The summed E-state index contributed by atoms with van der Waals surface area (Å²) in [6, 6.07) is 9.10. The van der Waals surface area contributed by atoms with Crippen LogP contribution >= 0.6 is 0 Å². The average Bonchev–Trinajstić information content (AvgIpc) is 2.98. The molecule has 0 aromatic heterocycles. The number of carbonyl (C=O) groups excluding carboxylic acids is 1. The van der Waals surface area contributed by atoms with E-state index in [0.29, 0.717) is 19.0 Å². The Hall–Kier alpha value is -1.35. The molecule has 3 heteroatoms. The van der Waals surface area contributed by atoms with E-state index < -0.39 is 0 Å². The van der Waals surface area contributed by atoms with Gasteiger partial charge in [0.2, 0.25) is 5.91 Å². The summed E-state index contributed by atoms with van der Waals surface area (Å²) >= 11 is 0. The first-order chi connectivity index (χ1) is 10.0. The van der Waals surface area contributed by atoms with Gasteiger partial charge in [-0.1, -0.05) is 45.0 Å². The minimum atomic E-state index is -0.0367. The van der Waals surface area contributed by atoms with Crippen LogP contribution in [0.5, 0.6) is 0 Å². The Morgan fingerprint density at radius 1 is 1.33 bits per heavy atom. The summed E-state index contributed by atoms with van der Waals surface area (Å²) in [4.78, 5) is 12.0. The summed E-state index contributed by atoms with van der Waals surface area (Å²) in [6.45, 7) is 8.26. The van der Waals surface area contributed by atoms with Crippen LogP contribution < -0.4 is 10.6 Å². The average molecular weight is 288 g/mol. The standard InChI is InChI=1S/C18H28N2O/c1-4-14-7-9-15(10-8-14)18(2,3)13-20-17(21)12-16-6-5-11-19-16/h7-10,16,19H,4-6,11-13H2,1-3H3,(H,20,21). The lowest BCUT2D eigenvalue weighted by atomic mass is 9.84. The molecule has 1 unspecified atom stereocenters. The molecule has 1 fully saturated rings. The molecule has 0 aliphatic carbocycles. The fourth-order valence-corrected chi connectivity index (χ4v) is 2.84. The summed E-state index contributed by atoms with van der Waals surface area (Å²) in [5.74, 6) is 0.160. The minimum Gasteiger partial charge on any atom is -0.355 e. The van der Waals surface area contributed by atoms with Gasteiger partial charge in [-0.05, 0) is 36.9 Å². The molecule has 0 saturated carbocycles. The monoisotopic (exact) mass is 288 g/mol. The van der Waals surface area contributed by atoms with E-state index in [1.165, 1.54) is 17.5 Å². The SMILES string of the molecule is CCc1ccc(C(C)(C)CNC(=O)CC2CCCN2)cc1. The van der Waals surface area contributed by atoms with Crippen LogP contribution in [0.2, 0.25) is 0 Å². The summed E-state index contributed by atoms with van der Waals surface area (Å²) in [6.07, 6.45) is 3.97. The van der Waals surface area contributed by atoms with Gasteiger partial charge in [0.25, 0.3) is 0 Å². The molecular weight excluding hydrogens is 260 g/mol. The molecule has 1 saturated heterocycles. The summed E-state index contributed by atoms with van der Waals surface area (Å²) in [7, 11) is 0. The summed E-state index contributed by atoms with van der Waals surface area (Å²) < 4.78 is 0. The Morgan fingerprint density at radius 2 is 2.05 bits per heavy atom. The number of hydrogen-bond acceptors (Lipinski definition) is 2. The van der Waals surface area contributed by atoms with Crippen LogP contribution in [-0.2, 0) is 16.6 Å². The van der Waals surface area contributed by atoms with E-state index in [1.807, 2.05) is 0 Å². The smallest absolute Gasteiger partial charge is 0.221 e. The van der Waals surface area contributed by atoms with Crippen molar-refractivity contribution >= 4 is 5.91 Å². The zero-order valence-corrected chi connectivity index (χ0v) is 13.5. The van der Waals surface area contributed by atoms with Crippen molar-refractivity contribution < 1.29 is 4.79 Å². The maximum atomic E-state index is 12.0. The number of carbonyl (C=O) groups is 1. The molecule has 1 aliphatic rings. The van der Waals surface area contributed by atoms with Crippen molar-refractivity contribution in [1.29, 1.82) is 0 Å². The Labute approximate surface area is 128 Å². The summed E-state index contributed by atoms with van der Waals surface area (Å²) in [5.41, 5.74) is 2.59. The third kappa shape index (κ3) is 4.57. The summed E-state index contributed by atoms with van der Waals surface area (Å²) in [5, 5.41) is 6.47. The molecule has 1 amide bonds. The van der Waals surface area contributed by atoms with Gasteiger partial charge in [-0.15, -0.1) is 0 Å². The van der Waals surface area contributed by atoms with E-state index in [-0.39, 0.29) is 11.3 Å². The highest BCUT2D eigenvalue weighted by Gasteiger charge is 2.23. The minimum absolute atomic E-state index is 0.0367. The van der Waals surface area contributed by atoms with Gasteiger partial charge < -0.3 is 10.6 Å². The number of nitrogens with one attached hydrogen (secondary N) is 2. The van der Waals surface area contributed by atoms with E-state index in [2.05, 4.69) is 55.7 Å². The first kappa shape index (κ1) is 16.0. The number of hydrogen-bond donors (Lipinski definition) is 2. The molecule has 3 nitrogen and oxygen atoms in total. The zero-order chi connectivity index (χ0) is 15.3. The van der Waals surface area contributed by atoms with E-state index in [9.17, 15) is 4.79 Å². The van der Waals surface area contributed by atoms with Crippen molar-refractivity contribution in [3.8, 4) is 0 Å².